The highest BCUT2D eigenvalue weighted by atomic mass is 16.5. The van der Waals surface area contributed by atoms with Gasteiger partial charge in [-0.15, -0.1) is 0 Å². The Bertz CT molecular complexity index is 360. The van der Waals surface area contributed by atoms with Gasteiger partial charge in [0.25, 0.3) is 0 Å². The third-order valence-corrected chi connectivity index (χ3v) is 3.82. The van der Waals surface area contributed by atoms with E-state index in [2.05, 4.69) is 6.08 Å². The number of fused-ring (bicyclic) bond motifs is 2. The van der Waals surface area contributed by atoms with E-state index < -0.39 is 11.4 Å². The smallest absolute Gasteiger partial charge is 0.313 e. The lowest BCUT2D eigenvalue weighted by molar-refractivity contribution is -0.163. The van der Waals surface area contributed by atoms with E-state index in [1.165, 1.54) is 0 Å². The van der Waals surface area contributed by atoms with Gasteiger partial charge in [0, 0.05) is 0 Å². The number of esters is 1. The van der Waals surface area contributed by atoms with Gasteiger partial charge in [-0.1, -0.05) is 19.1 Å². The molecule has 94 valence electrons. The summed E-state index contributed by atoms with van der Waals surface area (Å²) in [4.78, 5) is 23.1. The topological polar surface area (TPSA) is 63.6 Å². The minimum Gasteiger partial charge on any atom is -0.481 e. The summed E-state index contributed by atoms with van der Waals surface area (Å²) in [5, 5.41) is 9.01. The normalized spacial score (nSPS) is 33.9. The first-order valence-corrected chi connectivity index (χ1v) is 6.16. The Kier molecular flexibility index (Phi) is 3.22. The van der Waals surface area contributed by atoms with Crippen LogP contribution in [0.2, 0.25) is 0 Å². The summed E-state index contributed by atoms with van der Waals surface area (Å²) in [6, 6.07) is 0. The molecule has 2 bridgehead atoms. The number of carbonyl (C=O) groups is 2. The highest BCUT2D eigenvalue weighted by Gasteiger charge is 2.55. The van der Waals surface area contributed by atoms with Gasteiger partial charge in [-0.25, -0.2) is 0 Å². The van der Waals surface area contributed by atoms with Crippen molar-refractivity contribution in [2.24, 2.45) is 17.3 Å². The molecule has 0 heterocycles. The van der Waals surface area contributed by atoms with Gasteiger partial charge in [0.15, 0.2) is 0 Å². The Labute approximate surface area is 101 Å². The summed E-state index contributed by atoms with van der Waals surface area (Å²) in [5.41, 5.74) is -0.805. The molecule has 0 aromatic heterocycles. The average molecular weight is 238 g/mol. The SMILES string of the molecule is CCCOC(=O)C1(CC(=O)O)CC2C=CC1C2. The van der Waals surface area contributed by atoms with E-state index >= 15 is 0 Å². The van der Waals surface area contributed by atoms with Crippen molar-refractivity contribution in [3.8, 4) is 0 Å². The first-order valence-electron chi connectivity index (χ1n) is 6.16. The van der Waals surface area contributed by atoms with Crippen LogP contribution in [0.1, 0.15) is 32.6 Å². The fourth-order valence-electron chi connectivity index (χ4n) is 3.07. The lowest BCUT2D eigenvalue weighted by atomic mass is 9.73. The van der Waals surface area contributed by atoms with Crippen LogP contribution in [0.25, 0.3) is 0 Å². The van der Waals surface area contributed by atoms with Gasteiger partial charge in [-0.2, -0.15) is 0 Å². The molecule has 0 aliphatic heterocycles. The molecule has 4 heteroatoms. The van der Waals surface area contributed by atoms with Crippen LogP contribution in [0, 0.1) is 17.3 Å². The zero-order valence-corrected chi connectivity index (χ0v) is 10.0. The molecule has 0 aromatic carbocycles. The van der Waals surface area contributed by atoms with Gasteiger partial charge in [-0.05, 0) is 31.1 Å². The van der Waals surface area contributed by atoms with Crippen LogP contribution >= 0.6 is 0 Å². The van der Waals surface area contributed by atoms with Gasteiger partial charge < -0.3 is 9.84 Å². The largest absolute Gasteiger partial charge is 0.481 e. The second kappa shape index (κ2) is 4.51. The molecule has 1 N–H and O–H groups in total. The number of hydrogen-bond donors (Lipinski definition) is 1. The second-order valence-corrected chi connectivity index (χ2v) is 5.05. The number of rotatable bonds is 5. The number of allylic oxidation sites excluding steroid dienone is 2. The van der Waals surface area contributed by atoms with Crippen molar-refractivity contribution in [2.45, 2.75) is 32.6 Å². The summed E-state index contributed by atoms with van der Waals surface area (Å²) < 4.78 is 5.20. The van der Waals surface area contributed by atoms with Gasteiger partial charge in [0.05, 0.1) is 18.4 Å². The second-order valence-electron chi connectivity index (χ2n) is 5.05. The maximum Gasteiger partial charge on any atom is 0.313 e. The molecule has 2 aliphatic carbocycles. The molecule has 1 saturated carbocycles. The molecule has 4 nitrogen and oxygen atoms in total. The molecule has 3 atom stereocenters. The van der Waals surface area contributed by atoms with Gasteiger partial charge >= 0.3 is 11.9 Å². The number of hydrogen-bond acceptors (Lipinski definition) is 3. The lowest BCUT2D eigenvalue weighted by Gasteiger charge is -2.31. The van der Waals surface area contributed by atoms with Crippen molar-refractivity contribution in [3.63, 3.8) is 0 Å². The summed E-state index contributed by atoms with van der Waals surface area (Å²) >= 11 is 0. The highest BCUT2D eigenvalue weighted by Crippen LogP contribution is 2.54. The van der Waals surface area contributed by atoms with Crippen molar-refractivity contribution in [2.75, 3.05) is 6.61 Å². The van der Waals surface area contributed by atoms with E-state index in [1.54, 1.807) is 0 Å². The Morgan fingerprint density at radius 3 is 2.71 bits per heavy atom. The maximum atomic E-state index is 12.1. The monoisotopic (exact) mass is 238 g/mol. The lowest BCUT2D eigenvalue weighted by Crippen LogP contribution is -2.39. The Morgan fingerprint density at radius 1 is 1.47 bits per heavy atom. The number of carbonyl (C=O) groups excluding carboxylic acids is 1. The quantitative estimate of drug-likeness (QED) is 0.587. The number of carboxylic acids is 1. The highest BCUT2D eigenvalue weighted by molar-refractivity contribution is 5.84. The summed E-state index contributed by atoms with van der Waals surface area (Å²) in [7, 11) is 0. The average Bonchev–Trinajstić information content (AvgIpc) is 2.85. The van der Waals surface area contributed by atoms with Crippen molar-refractivity contribution in [1.29, 1.82) is 0 Å². The third-order valence-electron chi connectivity index (χ3n) is 3.82. The molecular formula is C13H18O4. The number of ether oxygens (including phenoxy) is 1. The van der Waals surface area contributed by atoms with Crippen LogP contribution in [-0.2, 0) is 14.3 Å². The van der Waals surface area contributed by atoms with Gasteiger partial charge in [0.2, 0.25) is 0 Å². The summed E-state index contributed by atoms with van der Waals surface area (Å²) in [6.45, 7) is 2.30. The van der Waals surface area contributed by atoms with E-state index in [0.29, 0.717) is 18.9 Å². The molecule has 0 saturated heterocycles. The molecular weight excluding hydrogens is 220 g/mol. The molecule has 0 amide bonds. The van der Waals surface area contributed by atoms with E-state index in [0.717, 1.165) is 12.8 Å². The Balaban J connectivity index is 2.16. The summed E-state index contributed by atoms with van der Waals surface area (Å²) in [6.07, 6.45) is 6.26. The van der Waals surface area contributed by atoms with Crippen LogP contribution < -0.4 is 0 Å². The molecule has 0 spiro atoms. The zero-order chi connectivity index (χ0) is 12.5. The first-order chi connectivity index (χ1) is 8.08. The van der Waals surface area contributed by atoms with E-state index in [-0.39, 0.29) is 18.3 Å². The van der Waals surface area contributed by atoms with Crippen molar-refractivity contribution in [3.05, 3.63) is 12.2 Å². The van der Waals surface area contributed by atoms with E-state index in [9.17, 15) is 9.59 Å². The molecule has 17 heavy (non-hydrogen) atoms. The van der Waals surface area contributed by atoms with Gasteiger partial charge in [0.1, 0.15) is 0 Å². The fourth-order valence-corrected chi connectivity index (χ4v) is 3.07. The number of aliphatic carboxylic acids is 1. The van der Waals surface area contributed by atoms with Crippen molar-refractivity contribution < 1.29 is 19.4 Å². The van der Waals surface area contributed by atoms with Gasteiger partial charge in [-0.3, -0.25) is 9.59 Å². The fraction of sp³-hybridized carbons (Fsp3) is 0.692. The van der Waals surface area contributed by atoms with E-state index in [4.69, 9.17) is 9.84 Å². The first kappa shape index (κ1) is 12.1. The van der Waals surface area contributed by atoms with Crippen molar-refractivity contribution in [1.82, 2.24) is 0 Å². The van der Waals surface area contributed by atoms with Crippen molar-refractivity contribution >= 4 is 11.9 Å². The predicted molar refractivity (Wildman–Crippen MR) is 61.3 cm³/mol. The third kappa shape index (κ3) is 2.08. The molecule has 2 aliphatic rings. The Hall–Kier alpha value is -1.32. The summed E-state index contributed by atoms with van der Waals surface area (Å²) in [5.74, 6) is -0.834. The molecule has 0 aromatic rings. The molecule has 0 radical (unpaired) electrons. The standard InChI is InChI=1S/C13H18O4/c1-2-5-17-12(16)13(8-11(14)15)7-9-3-4-10(13)6-9/h3-4,9-10H,2,5-8H2,1H3,(H,14,15). The maximum absolute atomic E-state index is 12.1. The number of carboxylic acid groups (broad SMARTS) is 1. The Morgan fingerprint density at radius 2 is 2.24 bits per heavy atom. The minimum atomic E-state index is -0.917. The van der Waals surface area contributed by atoms with Crippen LogP contribution in [0.15, 0.2) is 12.2 Å². The zero-order valence-electron chi connectivity index (χ0n) is 10.0. The molecule has 2 rings (SSSR count). The molecule has 3 unspecified atom stereocenters. The van der Waals surface area contributed by atoms with Crippen LogP contribution in [0.5, 0.6) is 0 Å². The van der Waals surface area contributed by atoms with Crippen LogP contribution in [-0.4, -0.2) is 23.7 Å². The van der Waals surface area contributed by atoms with E-state index in [1.807, 2.05) is 13.0 Å². The van der Waals surface area contributed by atoms with Crippen LogP contribution in [0.4, 0.5) is 0 Å². The predicted octanol–water partition coefficient (Wildman–Crippen LogP) is 2.00. The minimum absolute atomic E-state index is 0.0490. The van der Waals surface area contributed by atoms with Crippen LogP contribution in [0.3, 0.4) is 0 Å². The molecule has 1 fully saturated rings.